The molecule has 2 aromatic rings. The summed E-state index contributed by atoms with van der Waals surface area (Å²) in [4.78, 5) is 2.96. The molecule has 0 atom stereocenters. The van der Waals surface area contributed by atoms with Crippen LogP contribution in [0.15, 0.2) is 22.7 Å². The number of hydrogen-bond donors (Lipinski definition) is 1. The molecule has 12 heavy (non-hydrogen) atoms. The zero-order chi connectivity index (χ0) is 8.72. The normalized spacial score (nSPS) is 10.9. The SMILES string of the molecule is Cc1cc2cc(Br)cc(F)c2[nH]1. The fourth-order valence-corrected chi connectivity index (χ4v) is 1.75. The molecule has 1 heterocycles. The van der Waals surface area contributed by atoms with Gasteiger partial charge in [0, 0.05) is 15.6 Å². The lowest BCUT2D eigenvalue weighted by Gasteiger charge is -1.93. The predicted octanol–water partition coefficient (Wildman–Crippen LogP) is 3.38. The van der Waals surface area contributed by atoms with Gasteiger partial charge in [-0.1, -0.05) is 15.9 Å². The third-order valence-corrected chi connectivity index (χ3v) is 2.24. The highest BCUT2D eigenvalue weighted by Crippen LogP contribution is 2.23. The predicted molar refractivity (Wildman–Crippen MR) is 50.7 cm³/mol. The van der Waals surface area contributed by atoms with Gasteiger partial charge in [-0.3, -0.25) is 0 Å². The average Bonchev–Trinajstić information content (AvgIpc) is 2.29. The Morgan fingerprint density at radius 2 is 2.08 bits per heavy atom. The minimum atomic E-state index is -0.215. The van der Waals surface area contributed by atoms with Gasteiger partial charge in [0.2, 0.25) is 0 Å². The summed E-state index contributed by atoms with van der Waals surface area (Å²) >= 11 is 3.24. The van der Waals surface area contributed by atoms with Gasteiger partial charge in [-0.05, 0) is 25.1 Å². The number of aryl methyl sites for hydroxylation is 1. The molecule has 0 fully saturated rings. The number of benzene rings is 1. The van der Waals surface area contributed by atoms with Gasteiger partial charge in [0.05, 0.1) is 5.52 Å². The summed E-state index contributed by atoms with van der Waals surface area (Å²) in [6.07, 6.45) is 0. The molecule has 2 rings (SSSR count). The van der Waals surface area contributed by atoms with E-state index in [1.165, 1.54) is 6.07 Å². The van der Waals surface area contributed by atoms with Gasteiger partial charge < -0.3 is 4.98 Å². The van der Waals surface area contributed by atoms with Crippen LogP contribution in [-0.2, 0) is 0 Å². The number of halogens is 2. The van der Waals surface area contributed by atoms with Crippen LogP contribution in [-0.4, -0.2) is 4.98 Å². The quantitative estimate of drug-likeness (QED) is 0.711. The second kappa shape index (κ2) is 2.59. The van der Waals surface area contributed by atoms with E-state index in [-0.39, 0.29) is 5.82 Å². The van der Waals surface area contributed by atoms with Gasteiger partial charge in [0.25, 0.3) is 0 Å². The van der Waals surface area contributed by atoms with Crippen molar-refractivity contribution in [3.63, 3.8) is 0 Å². The second-order valence-electron chi connectivity index (χ2n) is 2.80. The summed E-state index contributed by atoms with van der Waals surface area (Å²) in [6, 6.07) is 5.27. The second-order valence-corrected chi connectivity index (χ2v) is 3.72. The van der Waals surface area contributed by atoms with Crippen LogP contribution in [0.1, 0.15) is 5.69 Å². The van der Waals surface area contributed by atoms with Crippen molar-refractivity contribution < 1.29 is 4.39 Å². The molecule has 1 nitrogen and oxygen atoms in total. The van der Waals surface area contributed by atoms with E-state index >= 15 is 0 Å². The third kappa shape index (κ3) is 1.14. The van der Waals surface area contributed by atoms with Crippen LogP contribution in [0, 0.1) is 12.7 Å². The molecule has 0 aliphatic heterocycles. The lowest BCUT2D eigenvalue weighted by atomic mass is 10.2. The first-order valence-corrected chi connectivity index (χ1v) is 4.40. The number of rotatable bonds is 0. The highest BCUT2D eigenvalue weighted by Gasteiger charge is 2.04. The van der Waals surface area contributed by atoms with Gasteiger partial charge in [0.1, 0.15) is 5.82 Å². The van der Waals surface area contributed by atoms with E-state index in [9.17, 15) is 4.39 Å². The fourth-order valence-electron chi connectivity index (χ4n) is 1.31. The molecule has 0 amide bonds. The summed E-state index contributed by atoms with van der Waals surface area (Å²) in [6.45, 7) is 1.91. The van der Waals surface area contributed by atoms with E-state index in [4.69, 9.17) is 0 Å². The molecule has 1 aromatic carbocycles. The van der Waals surface area contributed by atoms with Crippen LogP contribution < -0.4 is 0 Å². The Balaban J connectivity index is 2.88. The first kappa shape index (κ1) is 7.80. The Labute approximate surface area is 77.7 Å². The van der Waals surface area contributed by atoms with Crippen molar-refractivity contribution in [2.45, 2.75) is 6.92 Å². The molecule has 0 aliphatic carbocycles. The van der Waals surface area contributed by atoms with Gasteiger partial charge in [0.15, 0.2) is 0 Å². The number of H-pyrrole nitrogens is 1. The molecule has 0 unspecified atom stereocenters. The van der Waals surface area contributed by atoms with E-state index in [0.717, 1.165) is 15.6 Å². The summed E-state index contributed by atoms with van der Waals surface area (Å²) in [5.41, 5.74) is 1.55. The summed E-state index contributed by atoms with van der Waals surface area (Å²) in [5, 5.41) is 0.902. The minimum Gasteiger partial charge on any atom is -0.356 e. The van der Waals surface area contributed by atoms with Crippen molar-refractivity contribution in [2.75, 3.05) is 0 Å². The molecule has 3 heteroatoms. The molecular weight excluding hydrogens is 221 g/mol. The molecule has 0 bridgehead atoms. The highest BCUT2D eigenvalue weighted by molar-refractivity contribution is 9.10. The maximum Gasteiger partial charge on any atom is 0.148 e. The van der Waals surface area contributed by atoms with Gasteiger partial charge >= 0.3 is 0 Å². The van der Waals surface area contributed by atoms with E-state index in [1.807, 2.05) is 19.1 Å². The van der Waals surface area contributed by atoms with Crippen LogP contribution >= 0.6 is 15.9 Å². The lowest BCUT2D eigenvalue weighted by Crippen LogP contribution is -1.77. The van der Waals surface area contributed by atoms with Crippen LogP contribution in [0.5, 0.6) is 0 Å². The van der Waals surface area contributed by atoms with Crippen LogP contribution in [0.25, 0.3) is 10.9 Å². The Kier molecular flexibility index (Phi) is 1.68. The molecule has 62 valence electrons. The van der Waals surface area contributed by atoms with Gasteiger partial charge in [-0.2, -0.15) is 0 Å². The van der Waals surface area contributed by atoms with E-state index < -0.39 is 0 Å². The number of aromatic nitrogens is 1. The molecule has 1 aromatic heterocycles. The smallest absolute Gasteiger partial charge is 0.148 e. The summed E-state index contributed by atoms with van der Waals surface area (Å²) < 4.78 is 14.0. The van der Waals surface area contributed by atoms with Crippen molar-refractivity contribution in [1.29, 1.82) is 0 Å². The number of fused-ring (bicyclic) bond motifs is 1. The van der Waals surface area contributed by atoms with E-state index in [1.54, 1.807) is 0 Å². The zero-order valence-electron chi connectivity index (χ0n) is 6.49. The van der Waals surface area contributed by atoms with E-state index in [2.05, 4.69) is 20.9 Å². The first-order valence-electron chi connectivity index (χ1n) is 3.61. The summed E-state index contributed by atoms with van der Waals surface area (Å²) in [5.74, 6) is -0.215. The van der Waals surface area contributed by atoms with Crippen molar-refractivity contribution in [1.82, 2.24) is 4.98 Å². The van der Waals surface area contributed by atoms with Gasteiger partial charge in [-0.25, -0.2) is 4.39 Å². The molecule has 0 spiro atoms. The van der Waals surface area contributed by atoms with Crippen molar-refractivity contribution in [3.8, 4) is 0 Å². The number of hydrogen-bond acceptors (Lipinski definition) is 0. The lowest BCUT2D eigenvalue weighted by molar-refractivity contribution is 0.636. The first-order chi connectivity index (χ1) is 5.66. The molecule has 0 radical (unpaired) electrons. The Morgan fingerprint density at radius 1 is 1.33 bits per heavy atom. The summed E-state index contributed by atoms with van der Waals surface area (Å²) in [7, 11) is 0. The van der Waals surface area contributed by atoms with Crippen LogP contribution in [0.4, 0.5) is 4.39 Å². The van der Waals surface area contributed by atoms with E-state index in [0.29, 0.717) is 5.52 Å². The van der Waals surface area contributed by atoms with Gasteiger partial charge in [-0.15, -0.1) is 0 Å². The molecule has 1 N–H and O–H groups in total. The molecular formula is C9H7BrFN. The molecule has 0 saturated carbocycles. The standard InChI is InChI=1S/C9H7BrFN/c1-5-2-6-3-7(10)4-8(11)9(6)12-5/h2-4,12H,1H3. The minimum absolute atomic E-state index is 0.215. The fraction of sp³-hybridized carbons (Fsp3) is 0.111. The monoisotopic (exact) mass is 227 g/mol. The van der Waals surface area contributed by atoms with Crippen molar-refractivity contribution >= 4 is 26.8 Å². The van der Waals surface area contributed by atoms with Crippen LogP contribution in [0.3, 0.4) is 0 Å². The largest absolute Gasteiger partial charge is 0.356 e. The highest BCUT2D eigenvalue weighted by atomic mass is 79.9. The Bertz CT molecular complexity index is 433. The van der Waals surface area contributed by atoms with Crippen molar-refractivity contribution in [3.05, 3.63) is 34.2 Å². The zero-order valence-corrected chi connectivity index (χ0v) is 8.07. The topological polar surface area (TPSA) is 15.8 Å². The Hall–Kier alpha value is -0.830. The van der Waals surface area contributed by atoms with Crippen molar-refractivity contribution in [2.24, 2.45) is 0 Å². The number of nitrogens with one attached hydrogen (secondary N) is 1. The maximum absolute atomic E-state index is 13.2. The molecule has 0 aliphatic rings. The molecule has 0 saturated heterocycles. The van der Waals surface area contributed by atoms with Crippen LogP contribution in [0.2, 0.25) is 0 Å². The Morgan fingerprint density at radius 3 is 2.83 bits per heavy atom. The maximum atomic E-state index is 13.2. The average molecular weight is 228 g/mol. The number of aromatic amines is 1. The third-order valence-electron chi connectivity index (χ3n) is 1.78.